The maximum atomic E-state index is 13.0. The molecule has 4 rings (SSSR count). The lowest BCUT2D eigenvalue weighted by molar-refractivity contribution is -0.00593. The van der Waals surface area contributed by atoms with Gasteiger partial charge in [0, 0.05) is 29.2 Å². The minimum absolute atomic E-state index is 0.172. The number of aromatic nitrogens is 1. The molecule has 0 bridgehead atoms. The van der Waals surface area contributed by atoms with Gasteiger partial charge in [0.2, 0.25) is 0 Å². The highest BCUT2D eigenvalue weighted by atomic mass is 16.6. The van der Waals surface area contributed by atoms with Crippen LogP contribution in [-0.2, 0) is 11.2 Å². The number of H-pyrrole nitrogens is 1. The van der Waals surface area contributed by atoms with E-state index in [9.17, 15) is 4.79 Å². The third-order valence-corrected chi connectivity index (χ3v) is 7.21. The van der Waals surface area contributed by atoms with Crippen LogP contribution in [0.15, 0.2) is 18.2 Å². The average Bonchev–Trinajstić information content (AvgIpc) is 3.28. The van der Waals surface area contributed by atoms with Gasteiger partial charge in [0.05, 0.1) is 5.56 Å². The van der Waals surface area contributed by atoms with E-state index in [1.165, 1.54) is 37.7 Å². The number of aromatic amines is 1. The molecule has 2 aliphatic rings. The summed E-state index contributed by atoms with van der Waals surface area (Å²) >= 11 is 0. The van der Waals surface area contributed by atoms with E-state index in [-0.39, 0.29) is 11.6 Å². The van der Waals surface area contributed by atoms with Crippen molar-refractivity contribution >= 4 is 16.9 Å². The zero-order chi connectivity index (χ0) is 20.4. The van der Waals surface area contributed by atoms with Crippen molar-refractivity contribution in [2.45, 2.75) is 89.7 Å². The molecule has 4 heteroatoms. The smallest absolute Gasteiger partial charge is 0.341 e. The summed E-state index contributed by atoms with van der Waals surface area (Å²) in [5.74, 6) is -0.172. The van der Waals surface area contributed by atoms with Gasteiger partial charge >= 0.3 is 5.97 Å². The summed E-state index contributed by atoms with van der Waals surface area (Å²) < 4.78 is 5.98. The molecule has 0 amide bonds. The van der Waals surface area contributed by atoms with E-state index in [1.54, 1.807) is 0 Å². The molecule has 2 aromatic rings. The number of aryl methyl sites for hydroxylation is 1. The number of nitrogens with zero attached hydrogens (tertiary/aromatic N) is 1. The second-order valence-corrected chi connectivity index (χ2v) is 9.57. The highest BCUT2D eigenvalue weighted by Gasteiger charge is 2.34. The minimum Gasteiger partial charge on any atom is -0.456 e. The lowest BCUT2D eigenvalue weighted by atomic mass is 9.94. The maximum absolute atomic E-state index is 13.0. The van der Waals surface area contributed by atoms with Crippen LogP contribution >= 0.6 is 0 Å². The Hall–Kier alpha value is -1.81. The van der Waals surface area contributed by atoms with Crippen LogP contribution in [0.25, 0.3) is 10.9 Å². The van der Waals surface area contributed by atoms with Crippen LogP contribution < -0.4 is 0 Å². The molecule has 2 aliphatic carbocycles. The molecule has 0 atom stereocenters. The molecule has 1 N–H and O–H groups in total. The van der Waals surface area contributed by atoms with E-state index in [0.29, 0.717) is 0 Å². The summed E-state index contributed by atoms with van der Waals surface area (Å²) in [5, 5.41) is 1.01. The molecule has 1 aromatic carbocycles. The number of rotatable bonds is 6. The third kappa shape index (κ3) is 4.53. The molecule has 1 heterocycles. The molecule has 0 saturated heterocycles. The molecule has 4 nitrogen and oxygen atoms in total. The normalized spacial score (nSPS) is 19.9. The Bertz CT molecular complexity index is 857. The van der Waals surface area contributed by atoms with Crippen LogP contribution in [0.3, 0.4) is 0 Å². The summed E-state index contributed by atoms with van der Waals surface area (Å²) in [4.78, 5) is 18.9. The molecule has 2 saturated carbocycles. The molecule has 2 fully saturated rings. The molecule has 0 spiro atoms. The van der Waals surface area contributed by atoms with E-state index < -0.39 is 0 Å². The third-order valence-electron chi connectivity index (χ3n) is 7.21. The number of benzene rings is 1. The fourth-order valence-electron chi connectivity index (χ4n) is 5.30. The second-order valence-electron chi connectivity index (χ2n) is 9.57. The van der Waals surface area contributed by atoms with E-state index >= 15 is 0 Å². The number of carbonyl (C=O) groups is 1. The van der Waals surface area contributed by atoms with Gasteiger partial charge in [-0.25, -0.2) is 4.79 Å². The van der Waals surface area contributed by atoms with Gasteiger partial charge < -0.3 is 14.6 Å². The largest absolute Gasteiger partial charge is 0.456 e. The van der Waals surface area contributed by atoms with E-state index in [0.717, 1.165) is 66.9 Å². The van der Waals surface area contributed by atoms with Crippen LogP contribution in [0.1, 0.15) is 86.3 Å². The van der Waals surface area contributed by atoms with Crippen molar-refractivity contribution in [1.82, 2.24) is 9.88 Å². The zero-order valence-corrected chi connectivity index (χ0v) is 18.4. The molecule has 158 valence electrons. The fourth-order valence-corrected chi connectivity index (χ4v) is 5.30. The van der Waals surface area contributed by atoms with Crippen molar-refractivity contribution in [3.05, 3.63) is 35.0 Å². The predicted molar refractivity (Wildman–Crippen MR) is 119 cm³/mol. The maximum Gasteiger partial charge on any atom is 0.341 e. The standard InChI is InChI=1S/C25H36N2O2/c1-18-23(24(28)29-25(2)14-7-8-15-25)21-17-19(11-12-22(21)26-18)13-16-27(3)20-9-5-4-6-10-20/h11-12,17,20,26H,4-10,13-16H2,1-3H3. The van der Waals surface area contributed by atoms with Crippen LogP contribution in [0.4, 0.5) is 0 Å². The van der Waals surface area contributed by atoms with Crippen molar-refractivity contribution < 1.29 is 9.53 Å². The number of likely N-dealkylation sites (N-methyl/N-ethyl adjacent to an activating group) is 1. The Balaban J connectivity index is 1.49. The van der Waals surface area contributed by atoms with Gasteiger partial charge in [-0.15, -0.1) is 0 Å². The second kappa shape index (κ2) is 8.51. The summed E-state index contributed by atoms with van der Waals surface area (Å²) in [6.45, 7) is 5.12. The minimum atomic E-state index is -0.298. The van der Waals surface area contributed by atoms with Crippen molar-refractivity contribution in [2.24, 2.45) is 0 Å². The highest BCUT2D eigenvalue weighted by Crippen LogP contribution is 2.35. The van der Waals surface area contributed by atoms with Crippen LogP contribution in [0, 0.1) is 6.92 Å². The molecule has 0 radical (unpaired) electrons. The quantitative estimate of drug-likeness (QED) is 0.630. The lowest BCUT2D eigenvalue weighted by Crippen LogP contribution is -2.34. The summed E-state index contributed by atoms with van der Waals surface area (Å²) in [7, 11) is 2.26. The zero-order valence-electron chi connectivity index (χ0n) is 18.4. The molecule has 0 unspecified atom stereocenters. The van der Waals surface area contributed by atoms with Gasteiger partial charge in [-0.2, -0.15) is 0 Å². The van der Waals surface area contributed by atoms with Crippen LogP contribution in [0.5, 0.6) is 0 Å². The van der Waals surface area contributed by atoms with Gasteiger partial charge in [0.1, 0.15) is 5.60 Å². The molecule has 0 aliphatic heterocycles. The Morgan fingerprint density at radius 2 is 1.90 bits per heavy atom. The van der Waals surface area contributed by atoms with Gasteiger partial charge in [-0.05, 0) is 83.5 Å². The number of hydrogen-bond acceptors (Lipinski definition) is 3. The Labute approximate surface area is 175 Å². The highest BCUT2D eigenvalue weighted by molar-refractivity contribution is 6.05. The topological polar surface area (TPSA) is 45.3 Å². The average molecular weight is 397 g/mol. The predicted octanol–water partition coefficient (Wildman–Crippen LogP) is 5.77. The van der Waals surface area contributed by atoms with E-state index in [2.05, 4.69) is 42.1 Å². The fraction of sp³-hybridized carbons (Fsp3) is 0.640. The van der Waals surface area contributed by atoms with Gasteiger partial charge in [-0.3, -0.25) is 0 Å². The number of ether oxygens (including phenoxy) is 1. The number of hydrogen-bond donors (Lipinski definition) is 1. The van der Waals surface area contributed by atoms with Gasteiger partial charge in [-0.1, -0.05) is 25.3 Å². The summed E-state index contributed by atoms with van der Waals surface area (Å²) in [6.07, 6.45) is 12.1. The monoisotopic (exact) mass is 396 g/mol. The number of carbonyl (C=O) groups excluding carboxylic acids is 1. The van der Waals surface area contributed by atoms with Crippen molar-refractivity contribution in [3.8, 4) is 0 Å². The Morgan fingerprint density at radius 3 is 2.62 bits per heavy atom. The number of nitrogens with one attached hydrogen (secondary N) is 1. The first-order chi connectivity index (χ1) is 14.0. The first kappa shape index (κ1) is 20.5. The lowest BCUT2D eigenvalue weighted by Gasteiger charge is -2.31. The molecular weight excluding hydrogens is 360 g/mol. The Morgan fingerprint density at radius 1 is 1.17 bits per heavy atom. The first-order valence-corrected chi connectivity index (χ1v) is 11.5. The number of fused-ring (bicyclic) bond motifs is 1. The van der Waals surface area contributed by atoms with Crippen LogP contribution in [0.2, 0.25) is 0 Å². The van der Waals surface area contributed by atoms with Crippen molar-refractivity contribution in [1.29, 1.82) is 0 Å². The van der Waals surface area contributed by atoms with E-state index in [1.807, 2.05) is 6.92 Å². The molecule has 29 heavy (non-hydrogen) atoms. The molecular formula is C25H36N2O2. The number of esters is 1. The summed E-state index contributed by atoms with van der Waals surface area (Å²) in [6, 6.07) is 7.24. The SMILES string of the molecule is Cc1[nH]c2ccc(CCN(C)C3CCCCC3)cc2c1C(=O)OC1(C)CCCC1. The van der Waals surface area contributed by atoms with Gasteiger partial charge in [0.15, 0.2) is 0 Å². The summed E-state index contributed by atoms with van der Waals surface area (Å²) in [5.41, 5.74) is 3.64. The van der Waals surface area contributed by atoms with Crippen molar-refractivity contribution in [3.63, 3.8) is 0 Å². The Kier molecular flexibility index (Phi) is 6.00. The van der Waals surface area contributed by atoms with E-state index in [4.69, 9.17) is 4.74 Å². The first-order valence-electron chi connectivity index (χ1n) is 11.5. The van der Waals surface area contributed by atoms with Crippen LogP contribution in [-0.4, -0.2) is 41.1 Å². The van der Waals surface area contributed by atoms with Gasteiger partial charge in [0.25, 0.3) is 0 Å². The molecule has 1 aromatic heterocycles. The van der Waals surface area contributed by atoms with Crippen molar-refractivity contribution in [2.75, 3.05) is 13.6 Å².